The number of carbonyl (C=O) groups excluding carboxylic acids is 1. The summed E-state index contributed by atoms with van der Waals surface area (Å²) in [6.07, 6.45) is 1.60. The van der Waals surface area contributed by atoms with Gasteiger partial charge >= 0.3 is 5.97 Å². The molecule has 1 aromatic carbocycles. The molecular weight excluding hydrogens is 262 g/mol. The molecule has 1 atom stereocenters. The largest absolute Gasteiger partial charge is 0.508 e. The molecule has 20 heavy (non-hydrogen) atoms. The second-order valence-corrected chi connectivity index (χ2v) is 5.10. The minimum absolute atomic E-state index is 0.0453. The predicted molar refractivity (Wildman–Crippen MR) is 70.7 cm³/mol. The average molecular weight is 279 g/mol. The number of amides is 1. The molecule has 108 valence electrons. The van der Waals surface area contributed by atoms with E-state index in [0.717, 1.165) is 18.9 Å². The number of rotatable bonds is 3. The number of aliphatic carboxylic acids is 1. The lowest BCUT2D eigenvalue weighted by Gasteiger charge is -2.32. The third-order valence-electron chi connectivity index (χ3n) is 3.42. The van der Waals surface area contributed by atoms with Crippen LogP contribution in [0.1, 0.15) is 29.6 Å². The fraction of sp³-hybridized carbons (Fsp3) is 0.429. The first kappa shape index (κ1) is 14.2. The van der Waals surface area contributed by atoms with E-state index in [1.165, 1.54) is 12.1 Å². The molecule has 1 aliphatic heterocycles. The molecule has 6 heteroatoms. The monoisotopic (exact) mass is 279 g/mol. The number of carboxylic acid groups (broad SMARTS) is 1. The molecule has 0 aliphatic carbocycles. The van der Waals surface area contributed by atoms with Crippen molar-refractivity contribution in [2.24, 2.45) is 5.92 Å². The van der Waals surface area contributed by atoms with E-state index in [1.54, 1.807) is 4.90 Å². The van der Waals surface area contributed by atoms with Crippen LogP contribution in [0.4, 0.5) is 0 Å². The minimum Gasteiger partial charge on any atom is -0.508 e. The van der Waals surface area contributed by atoms with E-state index in [-0.39, 0.29) is 35.3 Å². The molecule has 0 aromatic heterocycles. The summed E-state index contributed by atoms with van der Waals surface area (Å²) in [6.45, 7) is 0.951. The van der Waals surface area contributed by atoms with Gasteiger partial charge in [-0.3, -0.25) is 9.59 Å². The summed E-state index contributed by atoms with van der Waals surface area (Å²) in [5, 5.41) is 27.6. The van der Waals surface area contributed by atoms with Crippen LogP contribution in [-0.2, 0) is 4.79 Å². The van der Waals surface area contributed by atoms with Crippen molar-refractivity contribution in [1.29, 1.82) is 0 Å². The van der Waals surface area contributed by atoms with E-state index in [4.69, 9.17) is 5.11 Å². The van der Waals surface area contributed by atoms with Crippen molar-refractivity contribution in [2.45, 2.75) is 19.3 Å². The Bertz CT molecular complexity index is 508. The van der Waals surface area contributed by atoms with Crippen LogP contribution in [0.5, 0.6) is 11.5 Å². The smallest absolute Gasteiger partial charge is 0.303 e. The first-order valence-electron chi connectivity index (χ1n) is 6.50. The minimum atomic E-state index is -0.862. The van der Waals surface area contributed by atoms with Crippen molar-refractivity contribution >= 4 is 11.9 Å². The van der Waals surface area contributed by atoms with Gasteiger partial charge in [0, 0.05) is 31.1 Å². The Hall–Kier alpha value is -2.24. The van der Waals surface area contributed by atoms with Gasteiger partial charge in [-0.15, -0.1) is 0 Å². The number of carboxylic acids is 1. The van der Waals surface area contributed by atoms with Crippen molar-refractivity contribution in [3.8, 4) is 11.5 Å². The third kappa shape index (κ3) is 3.40. The van der Waals surface area contributed by atoms with Crippen LogP contribution in [0.15, 0.2) is 18.2 Å². The topological polar surface area (TPSA) is 98.1 Å². The average Bonchev–Trinajstić information content (AvgIpc) is 2.36. The number of benzene rings is 1. The van der Waals surface area contributed by atoms with Crippen LogP contribution in [-0.4, -0.2) is 45.2 Å². The lowest BCUT2D eigenvalue weighted by molar-refractivity contribution is -0.138. The normalized spacial score (nSPS) is 18.8. The molecule has 2 rings (SSSR count). The zero-order chi connectivity index (χ0) is 14.7. The summed E-state index contributed by atoms with van der Waals surface area (Å²) >= 11 is 0. The summed E-state index contributed by atoms with van der Waals surface area (Å²) < 4.78 is 0. The summed E-state index contributed by atoms with van der Waals surface area (Å²) in [7, 11) is 0. The highest BCUT2D eigenvalue weighted by Crippen LogP contribution is 2.25. The van der Waals surface area contributed by atoms with Gasteiger partial charge in [-0.25, -0.2) is 0 Å². The van der Waals surface area contributed by atoms with Crippen molar-refractivity contribution < 1.29 is 24.9 Å². The summed E-state index contributed by atoms with van der Waals surface area (Å²) in [5.74, 6) is -1.55. The molecule has 1 fully saturated rings. The van der Waals surface area contributed by atoms with E-state index >= 15 is 0 Å². The molecule has 1 aromatic rings. The maximum Gasteiger partial charge on any atom is 0.303 e. The van der Waals surface area contributed by atoms with Gasteiger partial charge in [-0.1, -0.05) is 0 Å². The van der Waals surface area contributed by atoms with Crippen LogP contribution in [0.25, 0.3) is 0 Å². The number of phenolic OH excluding ortho intramolecular Hbond substituents is 2. The number of likely N-dealkylation sites (tertiary alicyclic amines) is 1. The summed E-state index contributed by atoms with van der Waals surface area (Å²) in [4.78, 5) is 24.6. The zero-order valence-corrected chi connectivity index (χ0v) is 11.0. The molecule has 6 nitrogen and oxygen atoms in total. The third-order valence-corrected chi connectivity index (χ3v) is 3.42. The SMILES string of the molecule is O=C(O)CC1CCCN(C(=O)c2cc(O)cc(O)c2)C1. The van der Waals surface area contributed by atoms with Gasteiger partial charge in [-0.2, -0.15) is 0 Å². The second kappa shape index (κ2) is 5.81. The van der Waals surface area contributed by atoms with Crippen molar-refractivity contribution in [3.05, 3.63) is 23.8 Å². The highest BCUT2D eigenvalue weighted by atomic mass is 16.4. The van der Waals surface area contributed by atoms with Crippen molar-refractivity contribution in [3.63, 3.8) is 0 Å². The molecule has 1 unspecified atom stereocenters. The van der Waals surface area contributed by atoms with Gasteiger partial charge in [0.15, 0.2) is 0 Å². The van der Waals surface area contributed by atoms with E-state index < -0.39 is 5.97 Å². The highest BCUT2D eigenvalue weighted by molar-refractivity contribution is 5.95. The molecule has 0 spiro atoms. The fourth-order valence-corrected chi connectivity index (χ4v) is 2.56. The summed E-state index contributed by atoms with van der Waals surface area (Å²) in [5.41, 5.74) is 0.207. The predicted octanol–water partition coefficient (Wildman–Crippen LogP) is 1.42. The molecule has 1 amide bonds. The molecule has 0 bridgehead atoms. The number of piperidine rings is 1. The maximum atomic E-state index is 12.3. The van der Waals surface area contributed by atoms with E-state index in [9.17, 15) is 19.8 Å². The number of carbonyl (C=O) groups is 2. The molecule has 1 saturated heterocycles. The van der Waals surface area contributed by atoms with E-state index in [0.29, 0.717) is 13.1 Å². The van der Waals surface area contributed by atoms with E-state index in [2.05, 4.69) is 0 Å². The molecule has 1 heterocycles. The Labute approximate surface area is 116 Å². The maximum absolute atomic E-state index is 12.3. The van der Waals surface area contributed by atoms with Crippen LogP contribution < -0.4 is 0 Å². The Morgan fingerprint density at radius 2 is 1.85 bits per heavy atom. The number of nitrogens with zero attached hydrogens (tertiary/aromatic N) is 1. The van der Waals surface area contributed by atoms with Gasteiger partial charge in [0.25, 0.3) is 5.91 Å². The molecule has 3 N–H and O–H groups in total. The first-order chi connectivity index (χ1) is 9.45. The molecule has 0 radical (unpaired) electrons. The molecular formula is C14H17NO5. The fourth-order valence-electron chi connectivity index (χ4n) is 2.56. The van der Waals surface area contributed by atoms with Crippen LogP contribution in [0.3, 0.4) is 0 Å². The van der Waals surface area contributed by atoms with Crippen LogP contribution >= 0.6 is 0 Å². The van der Waals surface area contributed by atoms with Gasteiger partial charge in [0.2, 0.25) is 0 Å². The number of phenols is 2. The quantitative estimate of drug-likeness (QED) is 0.777. The Morgan fingerprint density at radius 3 is 2.45 bits per heavy atom. The zero-order valence-electron chi connectivity index (χ0n) is 11.0. The van der Waals surface area contributed by atoms with Crippen LogP contribution in [0, 0.1) is 5.92 Å². The van der Waals surface area contributed by atoms with Gasteiger partial charge in [0.05, 0.1) is 0 Å². The van der Waals surface area contributed by atoms with Crippen molar-refractivity contribution in [1.82, 2.24) is 4.90 Å². The highest BCUT2D eigenvalue weighted by Gasteiger charge is 2.26. The molecule has 1 aliphatic rings. The summed E-state index contributed by atoms with van der Waals surface area (Å²) in [6, 6.07) is 3.74. The van der Waals surface area contributed by atoms with Gasteiger partial charge in [0.1, 0.15) is 11.5 Å². The lowest BCUT2D eigenvalue weighted by atomic mass is 9.94. The first-order valence-corrected chi connectivity index (χ1v) is 6.50. The number of aromatic hydroxyl groups is 2. The van der Waals surface area contributed by atoms with Crippen LogP contribution in [0.2, 0.25) is 0 Å². The van der Waals surface area contributed by atoms with E-state index in [1.807, 2.05) is 0 Å². The Morgan fingerprint density at radius 1 is 1.20 bits per heavy atom. The van der Waals surface area contributed by atoms with Gasteiger partial charge in [-0.05, 0) is 30.9 Å². The Kier molecular flexibility index (Phi) is 4.12. The number of hydrogen-bond donors (Lipinski definition) is 3. The van der Waals surface area contributed by atoms with Gasteiger partial charge < -0.3 is 20.2 Å². The standard InChI is InChI=1S/C14H17NO5/c16-11-5-10(6-12(17)7-11)14(20)15-3-1-2-9(8-15)4-13(18)19/h5-7,9,16-17H,1-4,8H2,(H,18,19). The van der Waals surface area contributed by atoms with Crippen molar-refractivity contribution in [2.75, 3.05) is 13.1 Å². The lowest BCUT2D eigenvalue weighted by Crippen LogP contribution is -2.40. The Balaban J connectivity index is 2.10. The molecule has 0 saturated carbocycles. The number of hydrogen-bond acceptors (Lipinski definition) is 4. The second-order valence-electron chi connectivity index (χ2n) is 5.10.